The Balaban J connectivity index is 0.00000200. The van der Waals surface area contributed by atoms with Gasteiger partial charge in [-0.2, -0.15) is 0 Å². The lowest BCUT2D eigenvalue weighted by molar-refractivity contribution is 0.0697. The number of carboxylic acid groups (broad SMARTS) is 1. The normalized spacial score (nSPS) is 10.0. The Kier molecular flexibility index (Phi) is 6.76. The second kappa shape index (κ2) is 8.35. The van der Waals surface area contributed by atoms with Crippen LogP contribution < -0.4 is 5.32 Å². The zero-order valence-corrected chi connectivity index (χ0v) is 11.8. The summed E-state index contributed by atoms with van der Waals surface area (Å²) in [4.78, 5) is 14.7. The number of aromatic nitrogens is 2. The predicted octanol–water partition coefficient (Wildman–Crippen LogP) is 2.18. The van der Waals surface area contributed by atoms with E-state index >= 15 is 0 Å². The van der Waals surface area contributed by atoms with Gasteiger partial charge in [-0.1, -0.05) is 12.1 Å². The van der Waals surface area contributed by atoms with Crippen LogP contribution in [0, 0.1) is 0 Å². The fourth-order valence-electron chi connectivity index (χ4n) is 1.80. The van der Waals surface area contributed by atoms with E-state index in [1.807, 2.05) is 29.2 Å². The first kappa shape index (κ1) is 16.2. The molecule has 5 nitrogen and oxygen atoms in total. The number of benzene rings is 1. The number of aromatic carboxylic acids is 1. The number of halogens is 1. The van der Waals surface area contributed by atoms with Crippen molar-refractivity contribution in [2.45, 2.75) is 19.5 Å². The SMILES string of the molecule is Cl.O=C(O)c1ccc(CNCCCn2ccnc2)cc1. The van der Waals surface area contributed by atoms with E-state index in [-0.39, 0.29) is 12.4 Å². The summed E-state index contributed by atoms with van der Waals surface area (Å²) in [5.41, 5.74) is 1.41. The summed E-state index contributed by atoms with van der Waals surface area (Å²) in [5.74, 6) is -0.889. The number of nitrogens with zero attached hydrogens (tertiary/aromatic N) is 2. The zero-order chi connectivity index (χ0) is 13.5. The molecule has 0 radical (unpaired) electrons. The Bertz CT molecular complexity index is 512. The van der Waals surface area contributed by atoms with Crippen LogP contribution in [0.1, 0.15) is 22.3 Å². The molecule has 0 aliphatic heterocycles. The molecule has 2 rings (SSSR count). The molecule has 1 heterocycles. The molecule has 1 aromatic carbocycles. The van der Waals surface area contributed by atoms with Crippen molar-refractivity contribution < 1.29 is 9.90 Å². The van der Waals surface area contributed by atoms with Gasteiger partial charge in [-0.15, -0.1) is 12.4 Å². The monoisotopic (exact) mass is 295 g/mol. The van der Waals surface area contributed by atoms with Crippen molar-refractivity contribution in [3.63, 3.8) is 0 Å². The summed E-state index contributed by atoms with van der Waals surface area (Å²) in [6.07, 6.45) is 6.57. The average molecular weight is 296 g/mol. The van der Waals surface area contributed by atoms with Crippen LogP contribution in [-0.2, 0) is 13.1 Å². The Morgan fingerprint density at radius 3 is 2.65 bits per heavy atom. The quantitative estimate of drug-likeness (QED) is 0.768. The Morgan fingerprint density at radius 2 is 2.05 bits per heavy atom. The van der Waals surface area contributed by atoms with Crippen LogP contribution in [0.3, 0.4) is 0 Å². The summed E-state index contributed by atoms with van der Waals surface area (Å²) in [7, 11) is 0. The lowest BCUT2D eigenvalue weighted by atomic mass is 10.1. The van der Waals surface area contributed by atoms with Gasteiger partial charge in [0.1, 0.15) is 0 Å². The number of carbonyl (C=O) groups is 1. The van der Waals surface area contributed by atoms with Crippen molar-refractivity contribution in [3.8, 4) is 0 Å². The summed E-state index contributed by atoms with van der Waals surface area (Å²) >= 11 is 0. The third-order valence-electron chi connectivity index (χ3n) is 2.86. The highest BCUT2D eigenvalue weighted by molar-refractivity contribution is 5.87. The first-order valence-electron chi connectivity index (χ1n) is 6.24. The Hall–Kier alpha value is -1.85. The van der Waals surface area contributed by atoms with Crippen molar-refractivity contribution in [2.24, 2.45) is 0 Å². The molecule has 2 N–H and O–H groups in total. The van der Waals surface area contributed by atoms with Crippen molar-refractivity contribution in [3.05, 3.63) is 54.1 Å². The molecule has 0 atom stereocenters. The number of hydrogen-bond donors (Lipinski definition) is 2. The van der Waals surface area contributed by atoms with Crippen LogP contribution in [0.25, 0.3) is 0 Å². The maximum atomic E-state index is 10.7. The topological polar surface area (TPSA) is 67.2 Å². The maximum absolute atomic E-state index is 10.7. The van der Waals surface area contributed by atoms with Crippen LogP contribution in [0.2, 0.25) is 0 Å². The first-order valence-corrected chi connectivity index (χ1v) is 6.24. The molecule has 0 unspecified atom stereocenters. The van der Waals surface area contributed by atoms with Crippen LogP contribution in [0.15, 0.2) is 43.0 Å². The molecule has 2 aromatic rings. The lowest BCUT2D eigenvalue weighted by Crippen LogP contribution is -2.16. The van der Waals surface area contributed by atoms with Gasteiger partial charge in [0.25, 0.3) is 0 Å². The molecule has 0 aliphatic carbocycles. The van der Waals surface area contributed by atoms with Crippen molar-refractivity contribution in [1.29, 1.82) is 0 Å². The Labute approximate surface area is 124 Å². The van der Waals surface area contributed by atoms with Crippen LogP contribution in [-0.4, -0.2) is 27.2 Å². The molecule has 0 bridgehead atoms. The molecule has 0 aliphatic rings. The largest absolute Gasteiger partial charge is 0.478 e. The molecule has 0 saturated heterocycles. The third-order valence-corrected chi connectivity index (χ3v) is 2.86. The van der Waals surface area contributed by atoms with Gasteiger partial charge in [0.2, 0.25) is 0 Å². The van der Waals surface area contributed by atoms with Crippen LogP contribution >= 0.6 is 12.4 Å². The molecular formula is C14H18ClN3O2. The van der Waals surface area contributed by atoms with Gasteiger partial charge in [-0.05, 0) is 30.7 Å². The highest BCUT2D eigenvalue weighted by atomic mass is 35.5. The second-order valence-corrected chi connectivity index (χ2v) is 4.33. The van der Waals surface area contributed by atoms with E-state index in [2.05, 4.69) is 10.3 Å². The molecule has 20 heavy (non-hydrogen) atoms. The number of rotatable bonds is 7. The Morgan fingerprint density at radius 1 is 1.30 bits per heavy atom. The van der Waals surface area contributed by atoms with Gasteiger partial charge >= 0.3 is 5.97 Å². The number of nitrogens with one attached hydrogen (secondary N) is 1. The average Bonchev–Trinajstić information content (AvgIpc) is 2.92. The van der Waals surface area contributed by atoms with Gasteiger partial charge in [-0.3, -0.25) is 0 Å². The molecular weight excluding hydrogens is 278 g/mol. The van der Waals surface area contributed by atoms with E-state index in [1.165, 1.54) is 0 Å². The van der Waals surface area contributed by atoms with Crippen molar-refractivity contribution in [2.75, 3.05) is 6.54 Å². The first-order chi connectivity index (χ1) is 9.25. The van der Waals surface area contributed by atoms with Crippen LogP contribution in [0.5, 0.6) is 0 Å². The minimum atomic E-state index is -0.889. The van der Waals surface area contributed by atoms with Gasteiger partial charge in [0, 0.05) is 25.5 Å². The van der Waals surface area contributed by atoms with E-state index in [9.17, 15) is 4.79 Å². The number of imidazole rings is 1. The molecule has 0 saturated carbocycles. The van der Waals surface area contributed by atoms with E-state index in [0.717, 1.165) is 31.6 Å². The lowest BCUT2D eigenvalue weighted by Gasteiger charge is -2.06. The number of carboxylic acids is 1. The molecule has 1 aromatic heterocycles. The molecule has 0 fully saturated rings. The molecule has 0 amide bonds. The van der Waals surface area contributed by atoms with Crippen molar-refractivity contribution >= 4 is 18.4 Å². The highest BCUT2D eigenvalue weighted by Crippen LogP contribution is 2.04. The summed E-state index contributed by atoms with van der Waals surface area (Å²) < 4.78 is 2.04. The second-order valence-electron chi connectivity index (χ2n) is 4.33. The van der Waals surface area contributed by atoms with E-state index in [4.69, 9.17) is 5.11 Å². The number of hydrogen-bond acceptors (Lipinski definition) is 3. The van der Waals surface area contributed by atoms with E-state index in [0.29, 0.717) is 5.56 Å². The number of aryl methyl sites for hydroxylation is 1. The van der Waals surface area contributed by atoms with E-state index in [1.54, 1.807) is 18.3 Å². The maximum Gasteiger partial charge on any atom is 0.335 e. The summed E-state index contributed by atoms with van der Waals surface area (Å²) in [6.45, 7) is 2.62. The van der Waals surface area contributed by atoms with Gasteiger partial charge in [0.15, 0.2) is 0 Å². The summed E-state index contributed by atoms with van der Waals surface area (Å²) in [5, 5.41) is 12.1. The smallest absolute Gasteiger partial charge is 0.335 e. The van der Waals surface area contributed by atoms with Gasteiger partial charge in [-0.25, -0.2) is 9.78 Å². The van der Waals surface area contributed by atoms with E-state index < -0.39 is 5.97 Å². The molecule has 0 spiro atoms. The highest BCUT2D eigenvalue weighted by Gasteiger charge is 2.01. The molecule has 108 valence electrons. The van der Waals surface area contributed by atoms with Crippen LogP contribution in [0.4, 0.5) is 0 Å². The fourth-order valence-corrected chi connectivity index (χ4v) is 1.80. The standard InChI is InChI=1S/C14H17N3O2.ClH/c18-14(19)13-4-2-12(3-5-13)10-15-6-1-8-17-9-7-16-11-17;/h2-5,7,9,11,15H,1,6,8,10H2,(H,18,19);1H. The third kappa shape index (κ3) is 5.03. The minimum Gasteiger partial charge on any atom is -0.478 e. The van der Waals surface area contributed by atoms with Crippen molar-refractivity contribution in [1.82, 2.24) is 14.9 Å². The minimum absolute atomic E-state index is 0. The zero-order valence-electron chi connectivity index (χ0n) is 11.0. The van der Waals surface area contributed by atoms with Gasteiger partial charge in [0.05, 0.1) is 11.9 Å². The predicted molar refractivity (Wildman–Crippen MR) is 79.2 cm³/mol. The molecule has 6 heteroatoms. The fraction of sp³-hybridized carbons (Fsp3) is 0.286. The summed E-state index contributed by atoms with van der Waals surface area (Å²) in [6, 6.07) is 6.94. The van der Waals surface area contributed by atoms with Gasteiger partial charge < -0.3 is 15.0 Å².